The zero-order valence-electron chi connectivity index (χ0n) is 16.9. The molecule has 1 aliphatic heterocycles. The van der Waals surface area contributed by atoms with Crippen LogP contribution in [0.25, 0.3) is 0 Å². The van der Waals surface area contributed by atoms with Crippen LogP contribution in [0.1, 0.15) is 54.7 Å². The minimum Gasteiger partial charge on any atom is -0.504 e. The average Bonchev–Trinajstić information content (AvgIpc) is 3.28. The van der Waals surface area contributed by atoms with E-state index in [1.165, 1.54) is 48.8 Å². The summed E-state index contributed by atoms with van der Waals surface area (Å²) in [6, 6.07) is 14.3. The fourth-order valence-electron chi connectivity index (χ4n) is 6.29. The number of benzene rings is 2. The van der Waals surface area contributed by atoms with Crippen LogP contribution in [-0.2, 0) is 11.2 Å². The molecule has 28 heavy (non-hydrogen) atoms. The molecule has 3 nitrogen and oxygen atoms in total. The Bertz CT molecular complexity index is 862. The molecule has 2 aromatic carbocycles. The average molecular weight is 379 g/mol. The van der Waals surface area contributed by atoms with Gasteiger partial charge in [0.15, 0.2) is 11.5 Å². The van der Waals surface area contributed by atoms with E-state index in [9.17, 15) is 5.11 Å². The van der Waals surface area contributed by atoms with Crippen molar-refractivity contribution < 1.29 is 14.6 Å². The summed E-state index contributed by atoms with van der Waals surface area (Å²) in [7, 11) is 1.64. The molecule has 2 aromatic rings. The molecule has 5 unspecified atom stereocenters. The Balaban J connectivity index is 0.000000208. The fraction of sp³-hybridized carbons (Fsp3) is 0.520. The van der Waals surface area contributed by atoms with Gasteiger partial charge >= 0.3 is 0 Å². The lowest BCUT2D eigenvalue weighted by molar-refractivity contribution is 0.0656. The molecular formula is C25H30O3. The summed E-state index contributed by atoms with van der Waals surface area (Å²) in [6.07, 6.45) is 8.03. The zero-order valence-corrected chi connectivity index (χ0v) is 16.9. The highest BCUT2D eigenvalue weighted by molar-refractivity contribution is 5.49. The zero-order chi connectivity index (χ0) is 19.3. The van der Waals surface area contributed by atoms with E-state index >= 15 is 0 Å². The van der Waals surface area contributed by atoms with Crippen molar-refractivity contribution in [3.63, 3.8) is 0 Å². The first-order valence-corrected chi connectivity index (χ1v) is 10.7. The van der Waals surface area contributed by atoms with Gasteiger partial charge in [-0.3, -0.25) is 0 Å². The molecule has 148 valence electrons. The van der Waals surface area contributed by atoms with Crippen LogP contribution < -0.4 is 4.74 Å². The molecule has 1 N–H and O–H groups in total. The van der Waals surface area contributed by atoms with Gasteiger partial charge in [0.25, 0.3) is 0 Å². The summed E-state index contributed by atoms with van der Waals surface area (Å²) >= 11 is 0. The first-order chi connectivity index (χ1) is 13.6. The molecule has 5 atom stereocenters. The number of phenols is 1. The number of rotatable bonds is 1. The summed E-state index contributed by atoms with van der Waals surface area (Å²) in [5, 5.41) is 10.0. The first-order valence-electron chi connectivity index (χ1n) is 10.7. The second-order valence-corrected chi connectivity index (χ2v) is 8.97. The van der Waals surface area contributed by atoms with Crippen LogP contribution in [0.3, 0.4) is 0 Å². The largest absolute Gasteiger partial charge is 0.504 e. The molecule has 2 saturated carbocycles. The van der Waals surface area contributed by atoms with Gasteiger partial charge in [-0.05, 0) is 86.5 Å². The molecule has 1 spiro atoms. The molecule has 0 aromatic heterocycles. The highest BCUT2D eigenvalue weighted by atomic mass is 16.6. The lowest BCUT2D eigenvalue weighted by atomic mass is 9.60. The van der Waals surface area contributed by atoms with Crippen LogP contribution in [0.15, 0.2) is 42.5 Å². The summed E-state index contributed by atoms with van der Waals surface area (Å²) in [4.78, 5) is 0. The maximum Gasteiger partial charge on any atom is 0.160 e. The van der Waals surface area contributed by atoms with Crippen molar-refractivity contribution in [3.8, 4) is 11.5 Å². The van der Waals surface area contributed by atoms with Gasteiger partial charge in [0.1, 0.15) is 0 Å². The van der Waals surface area contributed by atoms with Crippen molar-refractivity contribution in [2.45, 2.75) is 63.1 Å². The van der Waals surface area contributed by atoms with E-state index in [0.717, 1.165) is 18.3 Å². The Morgan fingerprint density at radius 2 is 1.89 bits per heavy atom. The molecule has 0 amide bonds. The lowest BCUT2D eigenvalue weighted by Crippen LogP contribution is -2.40. The van der Waals surface area contributed by atoms with E-state index in [2.05, 4.69) is 25.1 Å². The van der Waals surface area contributed by atoms with Crippen molar-refractivity contribution >= 4 is 0 Å². The van der Waals surface area contributed by atoms with Crippen molar-refractivity contribution in [1.82, 2.24) is 0 Å². The summed E-state index contributed by atoms with van der Waals surface area (Å²) in [6.45, 7) is 2.08. The van der Waals surface area contributed by atoms with Crippen LogP contribution >= 0.6 is 0 Å². The van der Waals surface area contributed by atoms with Gasteiger partial charge < -0.3 is 14.6 Å². The summed E-state index contributed by atoms with van der Waals surface area (Å²) < 4.78 is 11.4. The minimum atomic E-state index is 0.277. The highest BCUT2D eigenvalue weighted by Gasteiger charge is 2.68. The molecule has 0 bridgehead atoms. The predicted molar refractivity (Wildman–Crippen MR) is 110 cm³/mol. The number of methoxy groups -OCH3 is 1. The van der Waals surface area contributed by atoms with Crippen molar-refractivity contribution in [3.05, 3.63) is 59.2 Å². The van der Waals surface area contributed by atoms with Gasteiger partial charge in [-0.15, -0.1) is 0 Å². The van der Waals surface area contributed by atoms with Gasteiger partial charge in [0.05, 0.1) is 18.8 Å². The van der Waals surface area contributed by atoms with Gasteiger partial charge in [-0.1, -0.05) is 35.9 Å². The number of hydrogen-bond acceptors (Lipinski definition) is 3. The number of aryl methyl sites for hydroxylation is 2. The Hall–Kier alpha value is -2.00. The van der Waals surface area contributed by atoms with E-state index in [4.69, 9.17) is 9.47 Å². The molecule has 3 aliphatic carbocycles. The molecule has 6 rings (SSSR count). The number of ether oxygens (including phenoxy) is 2. The van der Waals surface area contributed by atoms with E-state index in [0.29, 0.717) is 17.8 Å². The normalized spacial score (nSPS) is 34.1. The van der Waals surface area contributed by atoms with Gasteiger partial charge in [-0.25, -0.2) is 0 Å². The summed E-state index contributed by atoms with van der Waals surface area (Å²) in [5.41, 5.74) is 4.36. The number of hydrogen-bond donors (Lipinski definition) is 1. The van der Waals surface area contributed by atoms with Crippen molar-refractivity contribution in [2.75, 3.05) is 7.11 Å². The van der Waals surface area contributed by atoms with Crippen molar-refractivity contribution in [2.24, 2.45) is 11.8 Å². The second-order valence-electron chi connectivity index (χ2n) is 8.97. The van der Waals surface area contributed by atoms with E-state index < -0.39 is 0 Å². The van der Waals surface area contributed by atoms with Crippen LogP contribution in [0, 0.1) is 18.8 Å². The van der Waals surface area contributed by atoms with Crippen molar-refractivity contribution in [1.29, 1.82) is 0 Å². The Kier molecular flexibility index (Phi) is 4.39. The third-order valence-corrected chi connectivity index (χ3v) is 7.62. The molecule has 1 heterocycles. The Morgan fingerprint density at radius 3 is 2.57 bits per heavy atom. The second kappa shape index (κ2) is 6.81. The molecule has 3 heteroatoms. The first kappa shape index (κ1) is 18.1. The highest BCUT2D eigenvalue weighted by Crippen LogP contribution is 2.66. The van der Waals surface area contributed by atoms with Crippen LogP contribution in [0.5, 0.6) is 11.5 Å². The predicted octanol–water partition coefficient (Wildman–Crippen LogP) is 5.38. The van der Waals surface area contributed by atoms with Crippen LogP contribution in [-0.4, -0.2) is 23.9 Å². The number of aromatic hydroxyl groups is 1. The van der Waals surface area contributed by atoms with E-state index in [1.54, 1.807) is 7.11 Å². The Morgan fingerprint density at radius 1 is 1.07 bits per heavy atom. The topological polar surface area (TPSA) is 42.0 Å². The third-order valence-electron chi connectivity index (χ3n) is 7.62. The third kappa shape index (κ3) is 2.83. The summed E-state index contributed by atoms with van der Waals surface area (Å²) in [5.74, 6) is 3.10. The maximum absolute atomic E-state index is 10.0. The van der Waals surface area contributed by atoms with Crippen LogP contribution in [0.4, 0.5) is 0 Å². The number of phenolic OH excluding ortho intramolecular Hbond substituents is 1. The monoisotopic (exact) mass is 378 g/mol. The van der Waals surface area contributed by atoms with E-state index in [1.807, 2.05) is 24.3 Å². The molecule has 4 aliphatic rings. The van der Waals surface area contributed by atoms with Crippen LogP contribution in [0.2, 0.25) is 0 Å². The molecule has 1 saturated heterocycles. The van der Waals surface area contributed by atoms with Gasteiger partial charge in [-0.2, -0.15) is 0 Å². The smallest absolute Gasteiger partial charge is 0.160 e. The van der Waals surface area contributed by atoms with Gasteiger partial charge in [0, 0.05) is 0 Å². The maximum atomic E-state index is 10.0. The van der Waals surface area contributed by atoms with E-state index in [-0.39, 0.29) is 11.4 Å². The Labute approximate surface area is 167 Å². The molecular weight excluding hydrogens is 348 g/mol. The minimum absolute atomic E-state index is 0.277. The fourth-order valence-corrected chi connectivity index (χ4v) is 6.29. The SMILES string of the molecule is COc1cc2c(cc1O)CCC1C2CCC23OC2CCC13.Cc1ccccc1. The quantitative estimate of drug-likeness (QED) is 0.677. The standard InChI is InChI=1S/C18H22O3.C7H8/c1-20-16-9-13-10(8-15(16)19)2-3-12-11(13)6-7-18-14(12)4-5-17(18)21-18;1-7-5-3-2-4-6-7/h8-9,11-12,14,17,19H,2-7H2,1H3;2-6H,1H3. The number of fused-ring (bicyclic) bond motifs is 4. The lowest BCUT2D eigenvalue weighted by Gasteiger charge is -2.44. The van der Waals surface area contributed by atoms with Gasteiger partial charge in [0.2, 0.25) is 0 Å². The number of epoxide rings is 1. The molecule has 0 radical (unpaired) electrons. The molecule has 3 fully saturated rings.